The van der Waals surface area contributed by atoms with Crippen LogP contribution in [0.1, 0.15) is 18.1 Å². The van der Waals surface area contributed by atoms with Gasteiger partial charge in [-0.15, -0.1) is 0 Å². The number of ether oxygens (including phenoxy) is 1. The van der Waals surface area contributed by atoms with Crippen molar-refractivity contribution in [3.8, 4) is 5.75 Å². The summed E-state index contributed by atoms with van der Waals surface area (Å²) in [6.45, 7) is 4.02. The maximum absolute atomic E-state index is 12.0. The zero-order valence-corrected chi connectivity index (χ0v) is 13.7. The van der Waals surface area contributed by atoms with Crippen LogP contribution in [0, 0.1) is 6.92 Å². The van der Waals surface area contributed by atoms with Crippen molar-refractivity contribution in [3.05, 3.63) is 58.1 Å². The molecule has 2 aromatic carbocycles. The molecule has 21 heavy (non-hydrogen) atoms. The van der Waals surface area contributed by atoms with Crippen molar-refractivity contribution in [1.29, 1.82) is 0 Å². The lowest BCUT2D eigenvalue weighted by atomic mass is 10.1. The quantitative estimate of drug-likeness (QED) is 0.873. The van der Waals surface area contributed by atoms with E-state index < -0.39 is 0 Å². The predicted molar refractivity (Wildman–Crippen MR) is 88.8 cm³/mol. The highest BCUT2D eigenvalue weighted by Crippen LogP contribution is 2.21. The van der Waals surface area contributed by atoms with Crippen molar-refractivity contribution in [3.63, 3.8) is 0 Å². The average Bonchev–Trinajstić information content (AvgIpc) is 2.48. The van der Waals surface area contributed by atoms with Gasteiger partial charge in [-0.3, -0.25) is 4.79 Å². The second-order valence-corrected chi connectivity index (χ2v) is 5.67. The van der Waals surface area contributed by atoms with Gasteiger partial charge in [-0.1, -0.05) is 41.1 Å². The normalized spacial score (nSPS) is 10.2. The van der Waals surface area contributed by atoms with Gasteiger partial charge < -0.3 is 10.1 Å². The number of carbonyl (C=O) groups is 1. The molecule has 0 aliphatic carbocycles. The summed E-state index contributed by atoms with van der Waals surface area (Å²) in [6.07, 6.45) is 0.879. The van der Waals surface area contributed by atoms with Gasteiger partial charge in [-0.25, -0.2) is 0 Å². The molecule has 0 atom stereocenters. The standard InChI is InChI=1S/C17H18BrNO2/c1-3-13-6-4-5-7-16(13)21-11-17(20)19-15-9-8-14(18)10-12(15)2/h4-10H,3,11H2,1-2H3,(H,19,20). The molecule has 0 saturated heterocycles. The Labute approximate surface area is 133 Å². The number of para-hydroxylation sites is 1. The minimum atomic E-state index is -0.161. The van der Waals surface area contributed by atoms with Gasteiger partial charge in [0.15, 0.2) is 6.61 Å². The smallest absolute Gasteiger partial charge is 0.262 e. The van der Waals surface area contributed by atoms with Crippen LogP contribution in [-0.4, -0.2) is 12.5 Å². The molecular weight excluding hydrogens is 330 g/mol. The fourth-order valence-corrected chi connectivity index (χ4v) is 2.51. The third-order valence-electron chi connectivity index (χ3n) is 3.17. The van der Waals surface area contributed by atoms with Crippen molar-refractivity contribution in [2.45, 2.75) is 20.3 Å². The lowest BCUT2D eigenvalue weighted by Gasteiger charge is -2.11. The monoisotopic (exact) mass is 347 g/mol. The molecule has 0 saturated carbocycles. The maximum atomic E-state index is 12.0. The van der Waals surface area contributed by atoms with Gasteiger partial charge in [0.25, 0.3) is 5.91 Å². The van der Waals surface area contributed by atoms with E-state index in [1.807, 2.05) is 49.4 Å². The number of rotatable bonds is 5. The van der Waals surface area contributed by atoms with Crippen molar-refractivity contribution in [2.75, 3.05) is 11.9 Å². The summed E-state index contributed by atoms with van der Waals surface area (Å²) in [4.78, 5) is 12.0. The second kappa shape index (κ2) is 7.27. The number of hydrogen-bond donors (Lipinski definition) is 1. The summed E-state index contributed by atoms with van der Waals surface area (Å²) in [7, 11) is 0. The van der Waals surface area contributed by atoms with Crippen LogP contribution in [0.2, 0.25) is 0 Å². The van der Waals surface area contributed by atoms with E-state index in [1.54, 1.807) is 0 Å². The van der Waals surface area contributed by atoms with E-state index >= 15 is 0 Å². The molecule has 0 spiro atoms. The number of nitrogens with one attached hydrogen (secondary N) is 1. The van der Waals surface area contributed by atoms with Crippen LogP contribution in [0.5, 0.6) is 5.75 Å². The van der Waals surface area contributed by atoms with Crippen LogP contribution >= 0.6 is 15.9 Å². The van der Waals surface area contributed by atoms with Crippen molar-refractivity contribution in [2.24, 2.45) is 0 Å². The Kier molecular flexibility index (Phi) is 5.39. The van der Waals surface area contributed by atoms with E-state index in [0.29, 0.717) is 0 Å². The minimum absolute atomic E-state index is 0.00647. The van der Waals surface area contributed by atoms with Crippen molar-refractivity contribution < 1.29 is 9.53 Å². The molecule has 110 valence electrons. The first-order valence-electron chi connectivity index (χ1n) is 6.87. The fraction of sp³-hybridized carbons (Fsp3) is 0.235. The average molecular weight is 348 g/mol. The van der Waals surface area contributed by atoms with E-state index in [9.17, 15) is 4.79 Å². The first-order valence-corrected chi connectivity index (χ1v) is 7.66. The lowest BCUT2D eigenvalue weighted by molar-refractivity contribution is -0.118. The summed E-state index contributed by atoms with van der Waals surface area (Å²) >= 11 is 3.40. The summed E-state index contributed by atoms with van der Waals surface area (Å²) in [6, 6.07) is 13.5. The summed E-state index contributed by atoms with van der Waals surface area (Å²) < 4.78 is 6.60. The predicted octanol–water partition coefficient (Wildman–Crippen LogP) is 4.34. The summed E-state index contributed by atoms with van der Waals surface area (Å²) in [5, 5.41) is 2.86. The van der Waals surface area contributed by atoms with Crippen LogP contribution in [0.4, 0.5) is 5.69 Å². The number of benzene rings is 2. The van der Waals surface area contributed by atoms with Crippen LogP contribution in [0.15, 0.2) is 46.9 Å². The molecular formula is C17H18BrNO2. The Hall–Kier alpha value is -1.81. The van der Waals surface area contributed by atoms with Gasteiger partial charge in [0.1, 0.15) is 5.75 Å². The number of anilines is 1. The number of hydrogen-bond acceptors (Lipinski definition) is 2. The topological polar surface area (TPSA) is 38.3 Å². The number of carbonyl (C=O) groups excluding carboxylic acids is 1. The van der Waals surface area contributed by atoms with Gasteiger partial charge in [-0.05, 0) is 48.7 Å². The Balaban J connectivity index is 1.96. The lowest BCUT2D eigenvalue weighted by Crippen LogP contribution is -2.21. The van der Waals surface area contributed by atoms with E-state index in [2.05, 4.69) is 28.2 Å². The van der Waals surface area contributed by atoms with Gasteiger partial charge in [0, 0.05) is 10.2 Å². The Morgan fingerprint density at radius 2 is 2.00 bits per heavy atom. The van der Waals surface area contributed by atoms with Crippen molar-refractivity contribution in [1.82, 2.24) is 0 Å². The number of halogens is 1. The summed E-state index contributed by atoms with van der Waals surface area (Å²) in [5.74, 6) is 0.606. The highest BCUT2D eigenvalue weighted by atomic mass is 79.9. The largest absolute Gasteiger partial charge is 0.483 e. The van der Waals surface area contributed by atoms with Crippen LogP contribution in [0.3, 0.4) is 0 Å². The molecule has 0 aliphatic heterocycles. The molecule has 0 unspecified atom stereocenters. The van der Waals surface area contributed by atoms with E-state index in [0.717, 1.165) is 33.5 Å². The van der Waals surface area contributed by atoms with Gasteiger partial charge in [0.05, 0.1) is 0 Å². The molecule has 0 heterocycles. The Morgan fingerprint density at radius 1 is 1.24 bits per heavy atom. The van der Waals surface area contributed by atoms with E-state index in [1.165, 1.54) is 0 Å². The Bertz CT molecular complexity index is 640. The van der Waals surface area contributed by atoms with Gasteiger partial charge in [-0.2, -0.15) is 0 Å². The highest BCUT2D eigenvalue weighted by molar-refractivity contribution is 9.10. The molecule has 4 heteroatoms. The van der Waals surface area contributed by atoms with Gasteiger partial charge >= 0.3 is 0 Å². The molecule has 2 aromatic rings. The molecule has 2 rings (SSSR count). The number of aryl methyl sites for hydroxylation is 2. The maximum Gasteiger partial charge on any atom is 0.262 e. The minimum Gasteiger partial charge on any atom is -0.483 e. The molecule has 0 radical (unpaired) electrons. The zero-order valence-electron chi connectivity index (χ0n) is 12.2. The first kappa shape index (κ1) is 15.6. The van der Waals surface area contributed by atoms with Crippen LogP contribution in [0.25, 0.3) is 0 Å². The van der Waals surface area contributed by atoms with Gasteiger partial charge in [0.2, 0.25) is 0 Å². The van der Waals surface area contributed by atoms with E-state index in [-0.39, 0.29) is 12.5 Å². The Morgan fingerprint density at radius 3 is 2.71 bits per heavy atom. The van der Waals surface area contributed by atoms with Crippen LogP contribution < -0.4 is 10.1 Å². The third kappa shape index (κ3) is 4.33. The third-order valence-corrected chi connectivity index (χ3v) is 3.67. The molecule has 3 nitrogen and oxygen atoms in total. The number of amides is 1. The SMILES string of the molecule is CCc1ccccc1OCC(=O)Nc1ccc(Br)cc1C. The molecule has 1 N–H and O–H groups in total. The summed E-state index contributed by atoms with van der Waals surface area (Å²) in [5.41, 5.74) is 2.91. The zero-order chi connectivity index (χ0) is 15.2. The first-order chi connectivity index (χ1) is 10.1. The van der Waals surface area contributed by atoms with Crippen LogP contribution in [-0.2, 0) is 11.2 Å². The molecule has 0 aromatic heterocycles. The fourth-order valence-electron chi connectivity index (χ4n) is 2.03. The molecule has 0 bridgehead atoms. The van der Waals surface area contributed by atoms with E-state index in [4.69, 9.17) is 4.74 Å². The molecule has 0 fully saturated rings. The second-order valence-electron chi connectivity index (χ2n) is 4.76. The molecule has 1 amide bonds. The highest BCUT2D eigenvalue weighted by Gasteiger charge is 2.07. The van der Waals surface area contributed by atoms with Crippen molar-refractivity contribution >= 4 is 27.5 Å². The molecule has 0 aliphatic rings.